The van der Waals surface area contributed by atoms with Crippen molar-refractivity contribution < 1.29 is 4.74 Å². The quantitative estimate of drug-likeness (QED) is 0.829. The van der Waals surface area contributed by atoms with E-state index in [1.807, 2.05) is 24.3 Å². The molecule has 0 saturated carbocycles. The maximum absolute atomic E-state index is 6.10. The van der Waals surface area contributed by atoms with Gasteiger partial charge in [-0.15, -0.1) is 0 Å². The number of hydrogen-bond donors (Lipinski definition) is 1. The Morgan fingerprint density at radius 3 is 3.06 bits per heavy atom. The number of pyridine rings is 1. The SMILES string of the molecule is COCCNc1ccc(Cl)c2cccnc12. The predicted molar refractivity (Wildman–Crippen MR) is 67.1 cm³/mol. The van der Waals surface area contributed by atoms with Crippen LogP contribution in [0.4, 0.5) is 5.69 Å². The van der Waals surface area contributed by atoms with Crippen molar-refractivity contribution in [2.45, 2.75) is 0 Å². The third kappa shape index (κ3) is 2.26. The van der Waals surface area contributed by atoms with Crippen LogP contribution in [-0.4, -0.2) is 25.2 Å². The summed E-state index contributed by atoms with van der Waals surface area (Å²) in [6, 6.07) is 7.66. The van der Waals surface area contributed by atoms with Crippen molar-refractivity contribution in [3.8, 4) is 0 Å². The van der Waals surface area contributed by atoms with Gasteiger partial charge < -0.3 is 10.1 Å². The first-order valence-electron chi connectivity index (χ1n) is 5.09. The molecule has 0 fully saturated rings. The Hall–Kier alpha value is -1.32. The van der Waals surface area contributed by atoms with E-state index in [1.54, 1.807) is 13.3 Å². The highest BCUT2D eigenvalue weighted by Gasteiger charge is 2.04. The van der Waals surface area contributed by atoms with E-state index in [0.717, 1.165) is 28.2 Å². The van der Waals surface area contributed by atoms with E-state index < -0.39 is 0 Å². The summed E-state index contributed by atoms with van der Waals surface area (Å²) in [5, 5.41) is 4.96. The molecule has 2 rings (SSSR count). The molecule has 0 radical (unpaired) electrons. The first-order valence-corrected chi connectivity index (χ1v) is 5.47. The van der Waals surface area contributed by atoms with E-state index in [0.29, 0.717) is 6.61 Å². The molecule has 0 atom stereocenters. The summed E-state index contributed by atoms with van der Waals surface area (Å²) in [6.45, 7) is 1.42. The fourth-order valence-corrected chi connectivity index (χ4v) is 1.78. The van der Waals surface area contributed by atoms with Crippen LogP contribution in [0.25, 0.3) is 10.9 Å². The topological polar surface area (TPSA) is 34.1 Å². The second kappa shape index (κ2) is 5.14. The number of hydrogen-bond acceptors (Lipinski definition) is 3. The number of methoxy groups -OCH3 is 1. The zero-order valence-corrected chi connectivity index (χ0v) is 9.79. The minimum absolute atomic E-state index is 0.664. The van der Waals surface area contributed by atoms with E-state index in [9.17, 15) is 0 Å². The molecule has 1 aromatic heterocycles. The Kier molecular flexibility index (Phi) is 3.59. The van der Waals surface area contributed by atoms with Crippen LogP contribution in [0.5, 0.6) is 0 Å². The van der Waals surface area contributed by atoms with Gasteiger partial charge in [-0.2, -0.15) is 0 Å². The lowest BCUT2D eigenvalue weighted by molar-refractivity contribution is 0.211. The molecule has 2 aromatic rings. The number of nitrogens with zero attached hydrogens (tertiary/aromatic N) is 1. The summed E-state index contributed by atoms with van der Waals surface area (Å²) in [4.78, 5) is 4.33. The van der Waals surface area contributed by atoms with E-state index >= 15 is 0 Å². The van der Waals surface area contributed by atoms with Crippen LogP contribution in [0.2, 0.25) is 5.02 Å². The van der Waals surface area contributed by atoms with Gasteiger partial charge in [0.05, 0.1) is 22.8 Å². The van der Waals surface area contributed by atoms with E-state index in [-0.39, 0.29) is 0 Å². The van der Waals surface area contributed by atoms with Crippen molar-refractivity contribution in [3.05, 3.63) is 35.5 Å². The molecule has 4 heteroatoms. The van der Waals surface area contributed by atoms with Crippen molar-refractivity contribution in [1.29, 1.82) is 0 Å². The Labute approximate surface area is 99.4 Å². The van der Waals surface area contributed by atoms with Crippen molar-refractivity contribution in [2.24, 2.45) is 0 Å². The minimum Gasteiger partial charge on any atom is -0.383 e. The largest absolute Gasteiger partial charge is 0.383 e. The molecule has 0 aliphatic rings. The molecule has 84 valence electrons. The Bertz CT molecular complexity index is 487. The zero-order valence-electron chi connectivity index (χ0n) is 9.03. The summed E-state index contributed by atoms with van der Waals surface area (Å²) in [6.07, 6.45) is 1.76. The molecule has 0 bridgehead atoms. The molecule has 16 heavy (non-hydrogen) atoms. The van der Waals surface area contributed by atoms with Crippen LogP contribution < -0.4 is 5.32 Å². The monoisotopic (exact) mass is 236 g/mol. The maximum Gasteiger partial charge on any atom is 0.0948 e. The Morgan fingerprint density at radius 2 is 2.25 bits per heavy atom. The summed E-state index contributed by atoms with van der Waals surface area (Å²) in [7, 11) is 1.68. The number of ether oxygens (including phenoxy) is 1. The maximum atomic E-state index is 6.10. The Balaban J connectivity index is 2.35. The van der Waals surface area contributed by atoms with Gasteiger partial charge in [-0.05, 0) is 24.3 Å². The van der Waals surface area contributed by atoms with Crippen molar-refractivity contribution in [1.82, 2.24) is 4.98 Å². The normalized spacial score (nSPS) is 10.6. The highest BCUT2D eigenvalue weighted by Crippen LogP contribution is 2.27. The number of nitrogens with one attached hydrogen (secondary N) is 1. The van der Waals surface area contributed by atoms with Crippen molar-refractivity contribution in [2.75, 3.05) is 25.6 Å². The lowest BCUT2D eigenvalue weighted by Gasteiger charge is -2.09. The molecule has 0 unspecified atom stereocenters. The molecule has 1 heterocycles. The van der Waals surface area contributed by atoms with Gasteiger partial charge >= 0.3 is 0 Å². The van der Waals surface area contributed by atoms with Crippen LogP contribution in [0, 0.1) is 0 Å². The number of fused-ring (bicyclic) bond motifs is 1. The third-order valence-electron chi connectivity index (χ3n) is 2.34. The van der Waals surface area contributed by atoms with E-state index in [2.05, 4.69) is 10.3 Å². The number of aromatic nitrogens is 1. The lowest BCUT2D eigenvalue weighted by Crippen LogP contribution is -2.08. The molecular weight excluding hydrogens is 224 g/mol. The van der Waals surface area contributed by atoms with E-state index in [1.165, 1.54) is 0 Å². The van der Waals surface area contributed by atoms with Gasteiger partial charge in [-0.3, -0.25) is 4.98 Å². The van der Waals surface area contributed by atoms with Gasteiger partial charge in [0.15, 0.2) is 0 Å². The highest BCUT2D eigenvalue weighted by atomic mass is 35.5. The molecule has 1 aromatic carbocycles. The van der Waals surface area contributed by atoms with Gasteiger partial charge in [0.25, 0.3) is 0 Å². The average molecular weight is 237 g/mol. The average Bonchev–Trinajstić information content (AvgIpc) is 2.33. The standard InChI is InChI=1S/C12H13ClN2O/c1-16-8-7-14-11-5-4-10(13)9-3-2-6-15-12(9)11/h2-6,14H,7-8H2,1H3. The van der Waals surface area contributed by atoms with Gasteiger partial charge in [-0.25, -0.2) is 0 Å². The third-order valence-corrected chi connectivity index (χ3v) is 2.67. The molecule has 0 aliphatic heterocycles. The van der Waals surface area contributed by atoms with Crippen molar-refractivity contribution >= 4 is 28.2 Å². The number of halogens is 1. The zero-order chi connectivity index (χ0) is 11.4. The van der Waals surface area contributed by atoms with Crippen LogP contribution in [-0.2, 0) is 4.74 Å². The van der Waals surface area contributed by atoms with Crippen LogP contribution >= 0.6 is 11.6 Å². The lowest BCUT2D eigenvalue weighted by atomic mass is 10.2. The first kappa shape index (κ1) is 11.2. The number of anilines is 1. The van der Waals surface area contributed by atoms with Gasteiger partial charge in [0, 0.05) is 25.2 Å². The van der Waals surface area contributed by atoms with Gasteiger partial charge in [-0.1, -0.05) is 11.6 Å². The molecule has 3 nitrogen and oxygen atoms in total. The van der Waals surface area contributed by atoms with E-state index in [4.69, 9.17) is 16.3 Å². The minimum atomic E-state index is 0.664. The number of benzene rings is 1. The molecular formula is C12H13ClN2O. The molecule has 0 saturated heterocycles. The fraction of sp³-hybridized carbons (Fsp3) is 0.250. The van der Waals surface area contributed by atoms with Gasteiger partial charge in [0.1, 0.15) is 0 Å². The molecule has 0 aliphatic carbocycles. The first-order chi connectivity index (χ1) is 7.83. The molecule has 0 amide bonds. The summed E-state index contributed by atoms with van der Waals surface area (Å²) < 4.78 is 4.99. The summed E-state index contributed by atoms with van der Waals surface area (Å²) in [5.41, 5.74) is 1.88. The van der Waals surface area contributed by atoms with Crippen LogP contribution in [0.1, 0.15) is 0 Å². The molecule has 0 spiro atoms. The second-order valence-electron chi connectivity index (χ2n) is 3.41. The smallest absolute Gasteiger partial charge is 0.0948 e. The Morgan fingerprint density at radius 1 is 1.38 bits per heavy atom. The summed E-state index contributed by atoms with van der Waals surface area (Å²) >= 11 is 6.10. The van der Waals surface area contributed by atoms with Gasteiger partial charge in [0.2, 0.25) is 0 Å². The second-order valence-corrected chi connectivity index (χ2v) is 3.82. The van der Waals surface area contributed by atoms with Crippen LogP contribution in [0.3, 0.4) is 0 Å². The predicted octanol–water partition coefficient (Wildman–Crippen LogP) is 2.95. The molecule has 1 N–H and O–H groups in total. The highest BCUT2D eigenvalue weighted by molar-refractivity contribution is 6.35. The fourth-order valence-electron chi connectivity index (χ4n) is 1.57. The number of rotatable bonds is 4. The van der Waals surface area contributed by atoms with Crippen LogP contribution in [0.15, 0.2) is 30.5 Å². The van der Waals surface area contributed by atoms with Crippen molar-refractivity contribution in [3.63, 3.8) is 0 Å². The summed E-state index contributed by atoms with van der Waals surface area (Å²) in [5.74, 6) is 0.